The summed E-state index contributed by atoms with van der Waals surface area (Å²) in [5, 5.41) is 4.33. The lowest BCUT2D eigenvalue weighted by atomic mass is 10.2. The Morgan fingerprint density at radius 3 is 2.56 bits per heavy atom. The molecule has 0 aliphatic rings. The molecule has 0 aliphatic heterocycles. The minimum Gasteiger partial charge on any atom is -0.494 e. The number of nitrogens with zero attached hydrogens (tertiary/aromatic N) is 2. The molecular weight excluding hydrogens is 226 g/mol. The van der Waals surface area contributed by atoms with Crippen LogP contribution >= 0.6 is 0 Å². The Balaban J connectivity index is 2.30. The average molecular weight is 245 g/mol. The van der Waals surface area contributed by atoms with Gasteiger partial charge in [0.05, 0.1) is 29.9 Å². The van der Waals surface area contributed by atoms with Crippen LogP contribution in [0.15, 0.2) is 30.5 Å². The molecule has 4 nitrogen and oxygen atoms in total. The number of ether oxygens (including phenoxy) is 1. The zero-order valence-electron chi connectivity index (χ0n) is 10.9. The number of hydrogen-bond acceptors (Lipinski definition) is 3. The molecule has 1 heterocycles. The van der Waals surface area contributed by atoms with Crippen molar-refractivity contribution in [2.24, 2.45) is 0 Å². The van der Waals surface area contributed by atoms with Gasteiger partial charge in [-0.25, -0.2) is 4.68 Å². The molecule has 0 spiro atoms. The Morgan fingerprint density at radius 1 is 1.22 bits per heavy atom. The van der Waals surface area contributed by atoms with E-state index < -0.39 is 0 Å². The predicted molar refractivity (Wildman–Crippen MR) is 73.1 cm³/mol. The van der Waals surface area contributed by atoms with Crippen LogP contribution in [0.3, 0.4) is 0 Å². The van der Waals surface area contributed by atoms with E-state index in [0.29, 0.717) is 6.61 Å². The third-order valence-corrected chi connectivity index (χ3v) is 2.78. The summed E-state index contributed by atoms with van der Waals surface area (Å²) in [6, 6.07) is 7.89. The summed E-state index contributed by atoms with van der Waals surface area (Å²) in [4.78, 5) is 0. The maximum Gasteiger partial charge on any atom is 0.119 e. The molecule has 0 unspecified atom stereocenters. The first-order valence-corrected chi connectivity index (χ1v) is 6.31. The highest BCUT2D eigenvalue weighted by Crippen LogP contribution is 2.20. The Labute approximate surface area is 107 Å². The Bertz CT molecular complexity index is 502. The molecule has 4 heteroatoms. The maximum absolute atomic E-state index is 5.93. The number of anilines is 1. The number of rotatable bonds is 5. The second-order valence-electron chi connectivity index (χ2n) is 4.14. The van der Waals surface area contributed by atoms with Crippen molar-refractivity contribution in [1.29, 1.82) is 0 Å². The largest absolute Gasteiger partial charge is 0.494 e. The number of benzene rings is 1. The molecule has 0 radical (unpaired) electrons. The molecule has 0 saturated carbocycles. The highest BCUT2D eigenvalue weighted by Gasteiger charge is 2.08. The van der Waals surface area contributed by atoms with E-state index in [0.717, 1.165) is 35.7 Å². The average Bonchev–Trinajstić information content (AvgIpc) is 2.73. The zero-order chi connectivity index (χ0) is 13.0. The van der Waals surface area contributed by atoms with Crippen molar-refractivity contribution in [1.82, 2.24) is 9.78 Å². The van der Waals surface area contributed by atoms with Crippen molar-refractivity contribution in [2.45, 2.75) is 26.7 Å². The van der Waals surface area contributed by atoms with Crippen molar-refractivity contribution in [3.05, 3.63) is 36.2 Å². The third-order valence-electron chi connectivity index (χ3n) is 2.78. The first-order valence-electron chi connectivity index (χ1n) is 6.31. The molecule has 0 fully saturated rings. The van der Waals surface area contributed by atoms with Crippen molar-refractivity contribution in [3.63, 3.8) is 0 Å². The van der Waals surface area contributed by atoms with Crippen molar-refractivity contribution in [2.75, 3.05) is 12.3 Å². The smallest absolute Gasteiger partial charge is 0.119 e. The molecule has 96 valence electrons. The summed E-state index contributed by atoms with van der Waals surface area (Å²) in [6.07, 6.45) is 3.69. The Kier molecular flexibility index (Phi) is 3.87. The van der Waals surface area contributed by atoms with Gasteiger partial charge in [-0.15, -0.1) is 0 Å². The first-order chi connectivity index (χ1) is 8.76. The second kappa shape index (κ2) is 5.58. The van der Waals surface area contributed by atoms with Crippen LogP contribution in [0, 0.1) is 0 Å². The van der Waals surface area contributed by atoms with E-state index >= 15 is 0 Å². The quantitative estimate of drug-likeness (QED) is 0.881. The lowest BCUT2D eigenvalue weighted by molar-refractivity contribution is 0.340. The van der Waals surface area contributed by atoms with Gasteiger partial charge in [-0.2, -0.15) is 5.10 Å². The maximum atomic E-state index is 5.93. The lowest BCUT2D eigenvalue weighted by Gasteiger charge is -2.09. The summed E-state index contributed by atoms with van der Waals surface area (Å²) < 4.78 is 7.32. The molecule has 2 N–H and O–H groups in total. The highest BCUT2D eigenvalue weighted by atomic mass is 16.5. The van der Waals surface area contributed by atoms with Crippen molar-refractivity contribution in [3.8, 4) is 11.4 Å². The van der Waals surface area contributed by atoms with Crippen LogP contribution in [0.4, 0.5) is 5.69 Å². The van der Waals surface area contributed by atoms with Crippen LogP contribution < -0.4 is 10.5 Å². The van der Waals surface area contributed by atoms with Crippen LogP contribution in [0.2, 0.25) is 0 Å². The monoisotopic (exact) mass is 245 g/mol. The Hall–Kier alpha value is -1.97. The van der Waals surface area contributed by atoms with Crippen LogP contribution in [0.5, 0.6) is 5.75 Å². The summed E-state index contributed by atoms with van der Waals surface area (Å²) >= 11 is 0. The van der Waals surface area contributed by atoms with Gasteiger partial charge >= 0.3 is 0 Å². The van der Waals surface area contributed by atoms with E-state index in [9.17, 15) is 0 Å². The van der Waals surface area contributed by atoms with Gasteiger partial charge < -0.3 is 10.5 Å². The first kappa shape index (κ1) is 12.5. The third kappa shape index (κ3) is 2.47. The van der Waals surface area contributed by atoms with Crippen LogP contribution in [-0.4, -0.2) is 16.4 Å². The van der Waals surface area contributed by atoms with Gasteiger partial charge in [-0.3, -0.25) is 0 Å². The Morgan fingerprint density at radius 2 is 1.94 bits per heavy atom. The van der Waals surface area contributed by atoms with Gasteiger partial charge in [-0.1, -0.05) is 13.3 Å². The van der Waals surface area contributed by atoms with Gasteiger partial charge in [0.1, 0.15) is 5.75 Å². The SMILES string of the molecule is CCCc1c(N)cnn1-c1ccc(OCC)cc1. The topological polar surface area (TPSA) is 53.1 Å². The summed E-state index contributed by atoms with van der Waals surface area (Å²) in [5.41, 5.74) is 8.77. The van der Waals surface area contributed by atoms with Gasteiger partial charge in [0.2, 0.25) is 0 Å². The molecule has 0 atom stereocenters. The zero-order valence-corrected chi connectivity index (χ0v) is 10.9. The van der Waals surface area contributed by atoms with E-state index in [1.165, 1.54) is 0 Å². The van der Waals surface area contributed by atoms with E-state index in [4.69, 9.17) is 10.5 Å². The van der Waals surface area contributed by atoms with Crippen molar-refractivity contribution >= 4 is 5.69 Å². The van der Waals surface area contributed by atoms with Gasteiger partial charge in [-0.05, 0) is 37.6 Å². The van der Waals surface area contributed by atoms with Gasteiger partial charge in [0, 0.05) is 0 Å². The summed E-state index contributed by atoms with van der Waals surface area (Å²) in [7, 11) is 0. The van der Waals surface area contributed by atoms with E-state index in [2.05, 4.69) is 12.0 Å². The molecule has 0 aliphatic carbocycles. The highest BCUT2D eigenvalue weighted by molar-refractivity contribution is 5.47. The fourth-order valence-corrected chi connectivity index (χ4v) is 1.95. The molecule has 0 saturated heterocycles. The van der Waals surface area contributed by atoms with Crippen molar-refractivity contribution < 1.29 is 4.74 Å². The lowest BCUT2D eigenvalue weighted by Crippen LogP contribution is -2.03. The number of hydrogen-bond donors (Lipinski definition) is 1. The number of nitrogen functional groups attached to an aromatic ring is 1. The predicted octanol–water partition coefficient (Wildman–Crippen LogP) is 2.81. The van der Waals surface area contributed by atoms with E-state index in [1.54, 1.807) is 6.20 Å². The molecule has 0 amide bonds. The minimum absolute atomic E-state index is 0.676. The second-order valence-corrected chi connectivity index (χ2v) is 4.14. The fourth-order valence-electron chi connectivity index (χ4n) is 1.95. The van der Waals surface area contributed by atoms with E-state index in [1.807, 2.05) is 35.9 Å². The van der Waals surface area contributed by atoms with Gasteiger partial charge in [0.25, 0.3) is 0 Å². The molecular formula is C14H19N3O. The van der Waals surface area contributed by atoms with Gasteiger partial charge in [0.15, 0.2) is 0 Å². The minimum atomic E-state index is 0.676. The molecule has 1 aromatic carbocycles. The number of aromatic nitrogens is 2. The normalized spacial score (nSPS) is 10.6. The molecule has 2 rings (SSSR count). The summed E-state index contributed by atoms with van der Waals surface area (Å²) in [5.74, 6) is 0.874. The molecule has 0 bridgehead atoms. The number of nitrogens with two attached hydrogens (primary N) is 1. The molecule has 18 heavy (non-hydrogen) atoms. The molecule has 2 aromatic rings. The fraction of sp³-hybridized carbons (Fsp3) is 0.357. The van der Waals surface area contributed by atoms with E-state index in [-0.39, 0.29) is 0 Å². The van der Waals surface area contributed by atoms with Crippen LogP contribution in [0.25, 0.3) is 5.69 Å². The molecule has 1 aromatic heterocycles. The van der Waals surface area contributed by atoms with Crippen LogP contribution in [-0.2, 0) is 6.42 Å². The summed E-state index contributed by atoms with van der Waals surface area (Å²) in [6.45, 7) is 4.78. The van der Waals surface area contributed by atoms with Crippen LogP contribution in [0.1, 0.15) is 26.0 Å². The standard InChI is InChI=1S/C14H19N3O/c1-3-5-14-13(15)10-16-17(14)11-6-8-12(9-7-11)18-4-2/h6-10H,3-5,15H2,1-2H3.